The second-order valence-corrected chi connectivity index (χ2v) is 19.3. The van der Waals surface area contributed by atoms with Crippen LogP contribution < -0.4 is 13.2 Å². The molecule has 0 N–H and O–H groups in total. The number of benzene rings is 6. The molecule has 4 heteroatoms. The monoisotopic (exact) mass is 681 g/mol. The van der Waals surface area contributed by atoms with Crippen LogP contribution in [0.2, 0.25) is 0 Å². The summed E-state index contributed by atoms with van der Waals surface area (Å²) in [5.41, 5.74) is 8.67. The molecule has 0 fully saturated rings. The molecule has 0 nitrogen and oxygen atoms in total. The third-order valence-corrected chi connectivity index (χ3v) is 18.6. The molecule has 0 aliphatic carbocycles. The molecular formula is C40H31GeS3. The van der Waals surface area contributed by atoms with E-state index in [1.54, 1.807) is 13.2 Å². The molecule has 3 aliphatic heterocycles. The van der Waals surface area contributed by atoms with Gasteiger partial charge in [-0.1, -0.05) is 0 Å². The normalized spacial score (nSPS) is 15.0. The zero-order valence-corrected chi connectivity index (χ0v) is 28.8. The molecule has 0 unspecified atom stereocenters. The Balaban J connectivity index is 1.48. The first-order chi connectivity index (χ1) is 21.8. The zero-order chi connectivity index (χ0) is 29.3. The standard InChI is InChI=1S/C40H31GeS3/c1-7-19-34-28(13-1)25-42-37-22-10-4-16-31(37)40-32-17-5-11-23-38(32)43-26-29-14-2-8-20-35(29)41(34)36-21-9-3-15-30(36)27-44-39-24-12-6-18-33(39)40/h1-24,40H,25-27H2. The van der Waals surface area contributed by atoms with Gasteiger partial charge in [0.1, 0.15) is 0 Å². The Kier molecular flexibility index (Phi) is 8.21. The van der Waals surface area contributed by atoms with Crippen molar-refractivity contribution in [3.05, 3.63) is 179 Å². The van der Waals surface area contributed by atoms with E-state index < -0.39 is 14.3 Å². The Morgan fingerprint density at radius 1 is 0.364 bits per heavy atom. The van der Waals surface area contributed by atoms with Gasteiger partial charge in [-0.15, -0.1) is 0 Å². The summed E-state index contributed by atoms with van der Waals surface area (Å²) in [5.74, 6) is 3.04. The van der Waals surface area contributed by atoms with Crippen molar-refractivity contribution in [3.63, 3.8) is 0 Å². The van der Waals surface area contributed by atoms with Crippen molar-refractivity contribution in [2.45, 2.75) is 37.9 Å². The first-order valence-electron chi connectivity index (χ1n) is 15.1. The molecule has 3 heterocycles. The van der Waals surface area contributed by atoms with Gasteiger partial charge < -0.3 is 0 Å². The van der Waals surface area contributed by atoms with Crippen molar-refractivity contribution in [3.8, 4) is 0 Å². The molecule has 213 valence electrons. The van der Waals surface area contributed by atoms with Gasteiger partial charge in [-0.05, 0) is 0 Å². The number of hydrogen-bond acceptors (Lipinski definition) is 3. The van der Waals surface area contributed by atoms with Crippen molar-refractivity contribution >= 4 is 62.8 Å². The average Bonchev–Trinajstić information content (AvgIpc) is 3.08. The SMILES string of the molecule is c1cc[c]2c(c1)CSc1ccccc1C1c3ccccc3SCc3cccc[c]3[Ge]2[c]2ccccc2CSc2ccccc21. The number of hydrogen-bond donors (Lipinski definition) is 0. The van der Waals surface area contributed by atoms with Crippen LogP contribution in [0.1, 0.15) is 39.3 Å². The van der Waals surface area contributed by atoms with Gasteiger partial charge in [0.15, 0.2) is 0 Å². The number of rotatable bonds is 0. The van der Waals surface area contributed by atoms with Gasteiger partial charge in [0.05, 0.1) is 0 Å². The van der Waals surface area contributed by atoms with E-state index in [0.29, 0.717) is 0 Å². The van der Waals surface area contributed by atoms with Gasteiger partial charge in [0, 0.05) is 0 Å². The maximum absolute atomic E-state index is 2.45. The van der Waals surface area contributed by atoms with Gasteiger partial charge in [0.25, 0.3) is 0 Å². The van der Waals surface area contributed by atoms with Crippen LogP contribution in [0.15, 0.2) is 160 Å². The van der Waals surface area contributed by atoms with Crippen LogP contribution in [-0.2, 0) is 17.3 Å². The second kappa shape index (κ2) is 12.7. The van der Waals surface area contributed by atoms with E-state index in [4.69, 9.17) is 0 Å². The third-order valence-electron chi connectivity index (χ3n) is 8.70. The van der Waals surface area contributed by atoms with Crippen LogP contribution in [0.3, 0.4) is 0 Å². The fourth-order valence-corrected chi connectivity index (χ4v) is 17.3. The predicted molar refractivity (Wildman–Crippen MR) is 193 cm³/mol. The molecule has 3 aliphatic rings. The fraction of sp³-hybridized carbons (Fsp3) is 0.100. The average molecular weight is 680 g/mol. The predicted octanol–water partition coefficient (Wildman–Crippen LogP) is 8.89. The van der Waals surface area contributed by atoms with Crippen LogP contribution in [-0.4, -0.2) is 14.3 Å². The minimum absolute atomic E-state index is 0.140. The van der Waals surface area contributed by atoms with E-state index in [1.165, 1.54) is 48.1 Å². The summed E-state index contributed by atoms with van der Waals surface area (Å²) < 4.78 is 4.75. The molecule has 6 aromatic rings. The molecule has 0 atom stereocenters. The fourth-order valence-electron chi connectivity index (χ4n) is 6.63. The van der Waals surface area contributed by atoms with Gasteiger partial charge >= 0.3 is 280 Å². The zero-order valence-electron chi connectivity index (χ0n) is 24.3. The van der Waals surface area contributed by atoms with E-state index in [2.05, 4.69) is 146 Å². The molecule has 1 radical (unpaired) electrons. The summed E-state index contributed by atoms with van der Waals surface area (Å²) in [4.78, 5) is 4.13. The Bertz CT molecular complexity index is 1600. The molecule has 0 amide bonds. The third kappa shape index (κ3) is 5.39. The first kappa shape index (κ1) is 28.4. The van der Waals surface area contributed by atoms with E-state index in [0.717, 1.165) is 17.3 Å². The van der Waals surface area contributed by atoms with Crippen LogP contribution in [0.5, 0.6) is 0 Å². The molecular weight excluding hydrogens is 649 g/mol. The van der Waals surface area contributed by atoms with Crippen LogP contribution in [0, 0.1) is 0 Å². The number of fused-ring (bicyclic) bond motifs is 3. The van der Waals surface area contributed by atoms with E-state index in [1.807, 2.05) is 35.3 Å². The van der Waals surface area contributed by atoms with Crippen molar-refractivity contribution in [1.29, 1.82) is 0 Å². The van der Waals surface area contributed by atoms with Crippen molar-refractivity contribution < 1.29 is 0 Å². The summed E-state index contributed by atoms with van der Waals surface area (Å²) in [7, 11) is 0. The van der Waals surface area contributed by atoms with Crippen molar-refractivity contribution in [1.82, 2.24) is 0 Å². The van der Waals surface area contributed by atoms with Crippen LogP contribution in [0.4, 0.5) is 0 Å². The van der Waals surface area contributed by atoms with Crippen molar-refractivity contribution in [2.75, 3.05) is 0 Å². The summed E-state index contributed by atoms with van der Waals surface area (Å²) in [6, 6.07) is 55.6. The molecule has 0 spiro atoms. The molecule has 0 aromatic heterocycles. The van der Waals surface area contributed by atoms with Gasteiger partial charge in [-0.2, -0.15) is 0 Å². The molecule has 44 heavy (non-hydrogen) atoms. The Morgan fingerprint density at radius 2 is 0.659 bits per heavy atom. The molecule has 9 rings (SSSR count). The van der Waals surface area contributed by atoms with Gasteiger partial charge in [-0.3, -0.25) is 0 Å². The maximum atomic E-state index is 2.45. The van der Waals surface area contributed by atoms with Gasteiger partial charge in [0.2, 0.25) is 0 Å². The Morgan fingerprint density at radius 3 is 1.02 bits per heavy atom. The summed E-state index contributed by atoms with van der Waals surface area (Å²) >= 11 is 3.80. The van der Waals surface area contributed by atoms with Crippen LogP contribution >= 0.6 is 35.3 Å². The Labute approximate surface area is 277 Å². The topological polar surface area (TPSA) is 0 Å². The molecule has 6 aromatic carbocycles. The van der Waals surface area contributed by atoms with Crippen molar-refractivity contribution in [2.24, 2.45) is 0 Å². The van der Waals surface area contributed by atoms with Gasteiger partial charge in [-0.25, -0.2) is 0 Å². The van der Waals surface area contributed by atoms with Crippen LogP contribution in [0.25, 0.3) is 0 Å². The molecule has 2 bridgehead atoms. The molecule has 0 saturated carbocycles. The summed E-state index contributed by atoms with van der Waals surface area (Å²) in [6.07, 6.45) is 0. The van der Waals surface area contributed by atoms with E-state index in [-0.39, 0.29) is 5.92 Å². The minimum atomic E-state index is -2.23. The molecule has 0 saturated heterocycles. The first-order valence-corrected chi connectivity index (χ1v) is 21.2. The summed E-state index contributed by atoms with van der Waals surface area (Å²) in [6.45, 7) is 0. The quantitative estimate of drug-likeness (QED) is 0.147. The second-order valence-electron chi connectivity index (χ2n) is 11.3. The summed E-state index contributed by atoms with van der Waals surface area (Å²) in [5, 5.41) is 0. The van der Waals surface area contributed by atoms with E-state index >= 15 is 0 Å². The Hall–Kier alpha value is -3.09. The number of thioether (sulfide) groups is 3. The van der Waals surface area contributed by atoms with E-state index in [9.17, 15) is 0 Å².